The molecular weight excluding hydrogens is 318 g/mol. The first-order valence-corrected chi connectivity index (χ1v) is 9.22. The van der Waals surface area contributed by atoms with Gasteiger partial charge in [-0.1, -0.05) is 12.1 Å². The molecule has 0 amide bonds. The molecule has 124 valence electrons. The fraction of sp³-hybridized carbons (Fsp3) is 0.368. The highest BCUT2D eigenvalue weighted by molar-refractivity contribution is 7.16. The van der Waals surface area contributed by atoms with Crippen molar-refractivity contribution in [1.29, 1.82) is 0 Å². The minimum absolute atomic E-state index is 0.382. The van der Waals surface area contributed by atoms with Crippen LogP contribution in [-0.4, -0.2) is 35.1 Å². The summed E-state index contributed by atoms with van der Waals surface area (Å²) >= 11 is 1.70. The summed E-state index contributed by atoms with van der Waals surface area (Å²) in [5, 5.41) is 0. The second-order valence-electron chi connectivity index (χ2n) is 6.25. The first-order chi connectivity index (χ1) is 11.7. The molecule has 0 N–H and O–H groups in total. The van der Waals surface area contributed by atoms with Crippen molar-refractivity contribution in [2.75, 3.05) is 20.2 Å². The van der Waals surface area contributed by atoms with Crippen LogP contribution in [0.2, 0.25) is 0 Å². The number of rotatable bonds is 3. The zero-order valence-corrected chi connectivity index (χ0v) is 14.8. The Hall–Kier alpha value is -1.98. The maximum Gasteiger partial charge on any atom is 0.213 e. The van der Waals surface area contributed by atoms with Crippen LogP contribution in [0.25, 0.3) is 10.2 Å². The predicted octanol–water partition coefficient (Wildman–Crippen LogP) is 3.86. The summed E-state index contributed by atoms with van der Waals surface area (Å²) in [7, 11) is 1.68. The SMILES string of the molecule is COc1ccc2c(n1)CCN(C(C)c1ccc3scnc3c1)CC2. The predicted molar refractivity (Wildman–Crippen MR) is 97.8 cm³/mol. The van der Waals surface area contributed by atoms with E-state index in [-0.39, 0.29) is 0 Å². The van der Waals surface area contributed by atoms with Crippen LogP contribution < -0.4 is 4.74 Å². The number of fused-ring (bicyclic) bond motifs is 2. The molecule has 1 atom stereocenters. The second kappa shape index (κ2) is 6.49. The molecular formula is C19H21N3OS. The molecule has 0 fully saturated rings. The third-order valence-electron chi connectivity index (χ3n) is 4.94. The van der Waals surface area contributed by atoms with E-state index in [0.717, 1.165) is 31.4 Å². The van der Waals surface area contributed by atoms with Crippen molar-refractivity contribution >= 4 is 21.6 Å². The Morgan fingerprint density at radius 3 is 2.92 bits per heavy atom. The van der Waals surface area contributed by atoms with E-state index in [4.69, 9.17) is 4.74 Å². The lowest BCUT2D eigenvalue weighted by Gasteiger charge is -2.27. The Kier molecular flexibility index (Phi) is 4.21. The summed E-state index contributed by atoms with van der Waals surface area (Å²) in [6, 6.07) is 11.2. The Labute approximate surface area is 146 Å². The number of ether oxygens (including phenoxy) is 1. The maximum absolute atomic E-state index is 5.27. The molecule has 1 aliphatic heterocycles. The lowest BCUT2D eigenvalue weighted by atomic mass is 10.1. The monoisotopic (exact) mass is 339 g/mol. The quantitative estimate of drug-likeness (QED) is 0.726. The Morgan fingerprint density at radius 1 is 1.17 bits per heavy atom. The van der Waals surface area contributed by atoms with E-state index in [1.54, 1.807) is 18.4 Å². The third kappa shape index (κ3) is 2.89. The summed E-state index contributed by atoms with van der Waals surface area (Å²) < 4.78 is 6.52. The van der Waals surface area contributed by atoms with Gasteiger partial charge < -0.3 is 4.74 Å². The molecule has 2 aromatic heterocycles. The fourth-order valence-electron chi connectivity index (χ4n) is 3.43. The van der Waals surface area contributed by atoms with Crippen LogP contribution in [0.3, 0.4) is 0 Å². The normalized spacial score (nSPS) is 16.6. The maximum atomic E-state index is 5.27. The summed E-state index contributed by atoms with van der Waals surface area (Å²) in [6.45, 7) is 4.36. The molecule has 0 saturated heterocycles. The molecule has 4 rings (SSSR count). The van der Waals surface area contributed by atoms with Crippen molar-refractivity contribution in [3.8, 4) is 5.88 Å². The molecule has 1 aromatic carbocycles. The zero-order chi connectivity index (χ0) is 16.5. The molecule has 0 radical (unpaired) electrons. The van der Waals surface area contributed by atoms with Crippen LogP contribution in [0.4, 0.5) is 0 Å². The van der Waals surface area contributed by atoms with Gasteiger partial charge in [0.25, 0.3) is 0 Å². The van der Waals surface area contributed by atoms with Gasteiger partial charge >= 0.3 is 0 Å². The van der Waals surface area contributed by atoms with Gasteiger partial charge in [0.1, 0.15) is 0 Å². The molecule has 24 heavy (non-hydrogen) atoms. The van der Waals surface area contributed by atoms with Crippen molar-refractivity contribution in [2.45, 2.75) is 25.8 Å². The number of thiazole rings is 1. The highest BCUT2D eigenvalue weighted by Crippen LogP contribution is 2.28. The molecule has 3 heterocycles. The standard InChI is InChI=1S/C19H21N3OS/c1-13(15-3-5-18-17(11-15)20-12-24-18)22-9-7-14-4-6-19(23-2)21-16(14)8-10-22/h3-6,11-13H,7-10H2,1-2H3. The van der Waals surface area contributed by atoms with Crippen LogP contribution in [-0.2, 0) is 12.8 Å². The molecule has 5 heteroatoms. The molecule has 0 bridgehead atoms. The van der Waals surface area contributed by atoms with Gasteiger partial charge in [-0.25, -0.2) is 9.97 Å². The number of pyridine rings is 1. The van der Waals surface area contributed by atoms with E-state index in [1.807, 2.05) is 11.6 Å². The summed E-state index contributed by atoms with van der Waals surface area (Å²) in [5.41, 5.74) is 6.89. The molecule has 0 saturated carbocycles. The number of aromatic nitrogens is 2. The van der Waals surface area contributed by atoms with Crippen molar-refractivity contribution in [1.82, 2.24) is 14.9 Å². The summed E-state index contributed by atoms with van der Waals surface area (Å²) in [4.78, 5) is 11.6. The first-order valence-electron chi connectivity index (χ1n) is 8.34. The van der Waals surface area contributed by atoms with E-state index in [2.05, 4.69) is 46.1 Å². The minimum Gasteiger partial charge on any atom is -0.481 e. The van der Waals surface area contributed by atoms with E-state index < -0.39 is 0 Å². The van der Waals surface area contributed by atoms with Gasteiger partial charge in [0, 0.05) is 37.3 Å². The fourth-order valence-corrected chi connectivity index (χ4v) is 4.08. The van der Waals surface area contributed by atoms with Crippen LogP contribution in [0.15, 0.2) is 35.8 Å². The van der Waals surface area contributed by atoms with Crippen molar-refractivity contribution in [2.24, 2.45) is 0 Å². The number of methoxy groups -OCH3 is 1. The summed E-state index contributed by atoms with van der Waals surface area (Å²) in [5.74, 6) is 0.712. The smallest absolute Gasteiger partial charge is 0.213 e. The Morgan fingerprint density at radius 2 is 2.04 bits per heavy atom. The lowest BCUT2D eigenvalue weighted by molar-refractivity contribution is 0.221. The Bertz CT molecular complexity index is 861. The van der Waals surface area contributed by atoms with Crippen LogP contribution in [0, 0.1) is 0 Å². The van der Waals surface area contributed by atoms with Gasteiger partial charge in [-0.05, 0) is 36.6 Å². The van der Waals surface area contributed by atoms with Gasteiger partial charge in [0.15, 0.2) is 0 Å². The molecule has 1 aliphatic rings. The van der Waals surface area contributed by atoms with Gasteiger partial charge in [0.05, 0.1) is 22.8 Å². The lowest BCUT2D eigenvalue weighted by Crippen LogP contribution is -2.29. The van der Waals surface area contributed by atoms with E-state index >= 15 is 0 Å². The minimum atomic E-state index is 0.382. The largest absolute Gasteiger partial charge is 0.481 e. The van der Waals surface area contributed by atoms with Crippen LogP contribution in [0.1, 0.15) is 29.8 Å². The Balaban J connectivity index is 1.54. The highest BCUT2D eigenvalue weighted by atomic mass is 32.1. The first kappa shape index (κ1) is 15.5. The number of nitrogens with zero attached hydrogens (tertiary/aromatic N) is 3. The van der Waals surface area contributed by atoms with E-state index in [1.165, 1.54) is 21.5 Å². The van der Waals surface area contributed by atoms with Crippen molar-refractivity contribution in [3.63, 3.8) is 0 Å². The van der Waals surface area contributed by atoms with Crippen molar-refractivity contribution in [3.05, 3.63) is 52.7 Å². The van der Waals surface area contributed by atoms with Gasteiger partial charge in [-0.15, -0.1) is 11.3 Å². The van der Waals surface area contributed by atoms with Crippen LogP contribution in [0.5, 0.6) is 5.88 Å². The number of benzene rings is 1. The van der Waals surface area contributed by atoms with E-state index in [9.17, 15) is 0 Å². The highest BCUT2D eigenvalue weighted by Gasteiger charge is 2.21. The molecule has 4 nitrogen and oxygen atoms in total. The summed E-state index contributed by atoms with van der Waals surface area (Å²) in [6.07, 6.45) is 2.01. The number of hydrogen-bond donors (Lipinski definition) is 0. The number of hydrogen-bond acceptors (Lipinski definition) is 5. The van der Waals surface area contributed by atoms with E-state index in [0.29, 0.717) is 11.9 Å². The van der Waals surface area contributed by atoms with Crippen LogP contribution >= 0.6 is 11.3 Å². The van der Waals surface area contributed by atoms with Gasteiger partial charge in [-0.2, -0.15) is 0 Å². The topological polar surface area (TPSA) is 38.2 Å². The van der Waals surface area contributed by atoms with Gasteiger partial charge in [0.2, 0.25) is 5.88 Å². The zero-order valence-electron chi connectivity index (χ0n) is 14.0. The third-order valence-corrected chi connectivity index (χ3v) is 5.75. The molecule has 1 unspecified atom stereocenters. The molecule has 3 aromatic rings. The van der Waals surface area contributed by atoms with Gasteiger partial charge in [-0.3, -0.25) is 4.90 Å². The van der Waals surface area contributed by atoms with Crippen molar-refractivity contribution < 1.29 is 4.74 Å². The molecule has 0 spiro atoms. The average Bonchev–Trinajstić information content (AvgIpc) is 2.99. The second-order valence-corrected chi connectivity index (χ2v) is 7.14. The molecule has 0 aliphatic carbocycles. The average molecular weight is 339 g/mol.